The van der Waals surface area contributed by atoms with Crippen molar-refractivity contribution in [3.63, 3.8) is 0 Å². The summed E-state index contributed by atoms with van der Waals surface area (Å²) in [5.41, 5.74) is 4.46. The predicted molar refractivity (Wildman–Crippen MR) is 157 cm³/mol. The molecule has 5 rings (SSSR count). The van der Waals surface area contributed by atoms with Gasteiger partial charge in [-0.25, -0.2) is 4.39 Å². The minimum absolute atomic E-state index is 0.00554. The van der Waals surface area contributed by atoms with Crippen molar-refractivity contribution in [2.75, 3.05) is 62.4 Å². The summed E-state index contributed by atoms with van der Waals surface area (Å²) in [5.74, 6) is -1.77. The second kappa shape index (κ2) is 11.9. The summed E-state index contributed by atoms with van der Waals surface area (Å²) in [6, 6.07) is 18.4. The summed E-state index contributed by atoms with van der Waals surface area (Å²) in [7, 11) is 3.83. The zero-order chi connectivity index (χ0) is 29.1. The van der Waals surface area contributed by atoms with Crippen LogP contribution in [0, 0.1) is 5.82 Å². The van der Waals surface area contributed by atoms with Gasteiger partial charge in [0.25, 0.3) is 5.91 Å². The monoisotopic (exact) mass is 557 g/mol. The Hall–Kier alpha value is -4.54. The van der Waals surface area contributed by atoms with Crippen LogP contribution in [-0.2, 0) is 20.8 Å². The molecule has 41 heavy (non-hydrogen) atoms. The van der Waals surface area contributed by atoms with E-state index in [1.165, 1.54) is 12.1 Å². The largest absolute Gasteiger partial charge is 0.481 e. The number of anilines is 3. The van der Waals surface area contributed by atoms with Gasteiger partial charge in [0.05, 0.1) is 29.9 Å². The summed E-state index contributed by atoms with van der Waals surface area (Å²) in [4.78, 5) is 43.2. The van der Waals surface area contributed by atoms with Gasteiger partial charge in [-0.2, -0.15) is 0 Å². The molecular weight excluding hydrogens is 525 g/mol. The number of piperazine rings is 1. The molecule has 9 nitrogen and oxygen atoms in total. The first-order valence-corrected chi connectivity index (χ1v) is 13.4. The Bertz CT molecular complexity index is 1500. The van der Waals surface area contributed by atoms with E-state index in [0.717, 1.165) is 31.9 Å². The second-order valence-corrected chi connectivity index (χ2v) is 10.4. The van der Waals surface area contributed by atoms with Gasteiger partial charge in [0, 0.05) is 50.2 Å². The SMILES string of the molecule is CN1CCN(CC(=O)N(C)c2ccc(N/C(=C3\C(=O)Nc4cc(F)ccc43)c3ccc(CC(=O)O)cc3)cc2)CC1. The third kappa shape index (κ3) is 6.45. The smallest absolute Gasteiger partial charge is 0.307 e. The van der Waals surface area contributed by atoms with Crippen molar-refractivity contribution in [3.05, 3.63) is 89.2 Å². The van der Waals surface area contributed by atoms with Crippen LogP contribution in [0.1, 0.15) is 16.7 Å². The fraction of sp³-hybridized carbons (Fsp3) is 0.258. The molecule has 0 spiro atoms. The summed E-state index contributed by atoms with van der Waals surface area (Å²) in [5, 5.41) is 15.2. The lowest BCUT2D eigenvalue weighted by atomic mass is 9.98. The number of carbonyl (C=O) groups excluding carboxylic acids is 2. The third-order valence-electron chi connectivity index (χ3n) is 7.43. The maximum absolute atomic E-state index is 13.9. The van der Waals surface area contributed by atoms with Crippen LogP contribution in [-0.4, -0.2) is 79.5 Å². The van der Waals surface area contributed by atoms with Gasteiger partial charge >= 0.3 is 5.97 Å². The lowest BCUT2D eigenvalue weighted by Gasteiger charge is -2.32. The molecule has 0 saturated carbocycles. The highest BCUT2D eigenvalue weighted by Gasteiger charge is 2.29. The van der Waals surface area contributed by atoms with Crippen molar-refractivity contribution < 1.29 is 23.9 Å². The topological polar surface area (TPSA) is 105 Å². The lowest BCUT2D eigenvalue weighted by molar-refractivity contribution is -0.136. The van der Waals surface area contributed by atoms with Gasteiger partial charge < -0.3 is 25.5 Å². The first-order valence-electron chi connectivity index (χ1n) is 13.4. The molecule has 2 heterocycles. The number of benzene rings is 3. The predicted octanol–water partition coefficient (Wildman–Crippen LogP) is 3.60. The Kier molecular flexibility index (Phi) is 8.14. The van der Waals surface area contributed by atoms with Gasteiger partial charge in [-0.15, -0.1) is 0 Å². The van der Waals surface area contributed by atoms with E-state index in [1.54, 1.807) is 42.3 Å². The van der Waals surface area contributed by atoms with Crippen LogP contribution in [0.3, 0.4) is 0 Å². The fourth-order valence-electron chi connectivity index (χ4n) is 5.00. The van der Waals surface area contributed by atoms with Crippen LogP contribution < -0.4 is 15.5 Å². The highest BCUT2D eigenvalue weighted by molar-refractivity contribution is 6.37. The lowest BCUT2D eigenvalue weighted by Crippen LogP contribution is -2.48. The van der Waals surface area contributed by atoms with Crippen molar-refractivity contribution in [1.82, 2.24) is 9.80 Å². The number of rotatable bonds is 8. The molecule has 3 N–H and O–H groups in total. The minimum atomic E-state index is -0.937. The molecule has 0 unspecified atom stereocenters. The van der Waals surface area contributed by atoms with E-state index >= 15 is 0 Å². The summed E-state index contributed by atoms with van der Waals surface area (Å²) in [6.07, 6.45) is -0.120. The van der Waals surface area contributed by atoms with Gasteiger partial charge in [-0.3, -0.25) is 19.3 Å². The highest BCUT2D eigenvalue weighted by atomic mass is 19.1. The molecule has 212 valence electrons. The van der Waals surface area contributed by atoms with Crippen LogP contribution >= 0.6 is 0 Å². The van der Waals surface area contributed by atoms with E-state index in [1.807, 2.05) is 24.3 Å². The Morgan fingerprint density at radius 1 is 1.00 bits per heavy atom. The number of hydrogen-bond donors (Lipinski definition) is 3. The maximum Gasteiger partial charge on any atom is 0.307 e. The van der Waals surface area contributed by atoms with E-state index < -0.39 is 11.8 Å². The van der Waals surface area contributed by atoms with Crippen molar-refractivity contribution in [2.24, 2.45) is 0 Å². The Morgan fingerprint density at radius 3 is 2.34 bits per heavy atom. The number of hydrogen-bond acceptors (Lipinski definition) is 6. The highest BCUT2D eigenvalue weighted by Crippen LogP contribution is 2.38. The molecule has 0 aliphatic carbocycles. The van der Waals surface area contributed by atoms with Crippen LogP contribution in [0.4, 0.5) is 21.5 Å². The first kappa shape index (κ1) is 28.0. The van der Waals surface area contributed by atoms with Crippen molar-refractivity contribution in [1.29, 1.82) is 0 Å². The molecular formula is C31H32FN5O4. The molecule has 0 radical (unpaired) electrons. The molecule has 0 aromatic heterocycles. The van der Waals surface area contributed by atoms with Crippen LogP contribution in [0.5, 0.6) is 0 Å². The number of fused-ring (bicyclic) bond motifs is 1. The van der Waals surface area contributed by atoms with E-state index in [9.17, 15) is 18.8 Å². The van der Waals surface area contributed by atoms with Crippen LogP contribution in [0.2, 0.25) is 0 Å². The summed E-state index contributed by atoms with van der Waals surface area (Å²) < 4.78 is 13.9. The number of amides is 2. The van der Waals surface area contributed by atoms with Crippen molar-refractivity contribution in [2.45, 2.75) is 6.42 Å². The third-order valence-corrected chi connectivity index (χ3v) is 7.43. The molecule has 3 aromatic carbocycles. The maximum atomic E-state index is 13.9. The average Bonchev–Trinajstić information content (AvgIpc) is 3.27. The van der Waals surface area contributed by atoms with E-state index in [2.05, 4.69) is 27.5 Å². The van der Waals surface area contributed by atoms with Crippen molar-refractivity contribution >= 4 is 46.1 Å². The molecule has 2 aliphatic rings. The molecule has 10 heteroatoms. The number of carboxylic acids is 1. The molecule has 2 aliphatic heterocycles. The molecule has 2 amide bonds. The van der Waals surface area contributed by atoms with Gasteiger partial charge in [0.1, 0.15) is 5.82 Å². The number of carboxylic acid groups (broad SMARTS) is 1. The Balaban J connectivity index is 1.41. The molecule has 0 atom stereocenters. The van der Waals surface area contributed by atoms with E-state index in [-0.39, 0.29) is 18.2 Å². The van der Waals surface area contributed by atoms with Crippen LogP contribution in [0.15, 0.2) is 66.7 Å². The van der Waals surface area contributed by atoms with Gasteiger partial charge in [0.2, 0.25) is 5.91 Å². The van der Waals surface area contributed by atoms with Crippen molar-refractivity contribution in [3.8, 4) is 0 Å². The number of halogens is 1. The first-order chi connectivity index (χ1) is 19.7. The number of carbonyl (C=O) groups is 3. The molecule has 1 saturated heterocycles. The molecule has 0 bridgehead atoms. The zero-order valence-electron chi connectivity index (χ0n) is 23.0. The quantitative estimate of drug-likeness (QED) is 0.364. The average molecular weight is 558 g/mol. The number of nitrogens with zero attached hydrogens (tertiary/aromatic N) is 3. The Labute approximate surface area is 237 Å². The van der Waals surface area contributed by atoms with Gasteiger partial charge in [-0.1, -0.05) is 24.3 Å². The number of likely N-dealkylation sites (N-methyl/N-ethyl adjacent to an activating group) is 2. The number of aliphatic carboxylic acids is 1. The normalized spacial score (nSPS) is 16.6. The van der Waals surface area contributed by atoms with Gasteiger partial charge in [0.15, 0.2) is 0 Å². The second-order valence-electron chi connectivity index (χ2n) is 10.4. The standard InChI is InChI=1S/C31H32FN5O4/c1-35-13-15-37(16-14-35)19-27(38)36(2)24-10-8-23(9-11-24)33-30(21-5-3-20(4-6-21)17-28(39)40)29-25-12-7-22(32)18-26(25)34-31(29)41/h3-12,18,33H,13-17,19H2,1-2H3,(H,34,41)(H,39,40)/b30-29-. The van der Waals surface area contributed by atoms with E-state index in [0.29, 0.717) is 45.9 Å². The minimum Gasteiger partial charge on any atom is -0.481 e. The van der Waals surface area contributed by atoms with Gasteiger partial charge in [-0.05, 0) is 60.6 Å². The Morgan fingerprint density at radius 2 is 1.68 bits per heavy atom. The zero-order valence-corrected chi connectivity index (χ0v) is 23.0. The fourth-order valence-corrected chi connectivity index (χ4v) is 5.00. The number of nitrogens with one attached hydrogen (secondary N) is 2. The summed E-state index contributed by atoms with van der Waals surface area (Å²) >= 11 is 0. The van der Waals surface area contributed by atoms with Crippen LogP contribution in [0.25, 0.3) is 11.3 Å². The molecule has 3 aromatic rings. The van der Waals surface area contributed by atoms with E-state index in [4.69, 9.17) is 5.11 Å². The summed E-state index contributed by atoms with van der Waals surface area (Å²) in [6.45, 7) is 3.95. The molecule has 1 fully saturated rings.